The lowest BCUT2D eigenvalue weighted by Crippen LogP contribution is -2.44. The molecule has 0 saturated carbocycles. The van der Waals surface area contributed by atoms with Crippen LogP contribution in [0.2, 0.25) is 0 Å². The molecule has 0 bridgehead atoms. The van der Waals surface area contributed by atoms with E-state index < -0.39 is 0 Å². The Morgan fingerprint density at radius 1 is 1.61 bits per heavy atom. The predicted molar refractivity (Wildman–Crippen MR) is 70.9 cm³/mol. The molecule has 0 spiro atoms. The minimum atomic E-state index is 0.502. The summed E-state index contributed by atoms with van der Waals surface area (Å²) < 4.78 is 0. The average molecular weight is 244 g/mol. The summed E-state index contributed by atoms with van der Waals surface area (Å²) in [6.45, 7) is 3.22. The first-order chi connectivity index (χ1) is 8.69. The third-order valence-corrected chi connectivity index (χ3v) is 3.59. The third kappa shape index (κ3) is 3.28. The molecule has 1 saturated heterocycles. The number of aromatic nitrogens is 1. The predicted octanol–water partition coefficient (Wildman–Crippen LogP) is 1.48. The minimum absolute atomic E-state index is 0.502. The molecule has 1 atom stereocenters. The Morgan fingerprint density at radius 2 is 2.44 bits per heavy atom. The van der Waals surface area contributed by atoms with Crippen molar-refractivity contribution in [3.05, 3.63) is 29.6 Å². The lowest BCUT2D eigenvalue weighted by atomic mass is 10.0. The van der Waals surface area contributed by atoms with Gasteiger partial charge in [-0.15, -0.1) is 0 Å². The standard InChI is InChI=1S/C14H20N4/c1-17-7-3-4-14(11-17)18(2)10-12-5-6-16-13(8-12)9-15/h5-6,8,14H,3-4,7,10-11H2,1-2H3. The van der Waals surface area contributed by atoms with Crippen molar-refractivity contribution in [1.82, 2.24) is 14.8 Å². The van der Waals surface area contributed by atoms with E-state index in [0.717, 1.165) is 18.7 Å². The van der Waals surface area contributed by atoms with Crippen molar-refractivity contribution < 1.29 is 0 Å². The first kappa shape index (κ1) is 13.0. The summed E-state index contributed by atoms with van der Waals surface area (Å²) in [7, 11) is 4.34. The zero-order chi connectivity index (χ0) is 13.0. The Labute approximate surface area is 109 Å². The molecule has 1 aromatic heterocycles. The molecule has 0 amide bonds. The number of likely N-dealkylation sites (N-methyl/N-ethyl adjacent to an activating group) is 2. The third-order valence-electron chi connectivity index (χ3n) is 3.59. The summed E-state index contributed by atoms with van der Waals surface area (Å²) in [6.07, 6.45) is 4.25. The van der Waals surface area contributed by atoms with Gasteiger partial charge in [0.25, 0.3) is 0 Å². The van der Waals surface area contributed by atoms with Crippen LogP contribution in [0.4, 0.5) is 0 Å². The van der Waals surface area contributed by atoms with Crippen LogP contribution in [0.1, 0.15) is 24.1 Å². The molecule has 0 aliphatic carbocycles. The lowest BCUT2D eigenvalue weighted by molar-refractivity contribution is 0.129. The van der Waals surface area contributed by atoms with E-state index in [4.69, 9.17) is 5.26 Å². The molecule has 96 valence electrons. The van der Waals surface area contributed by atoms with Crippen LogP contribution in [0, 0.1) is 11.3 Å². The summed E-state index contributed by atoms with van der Waals surface area (Å²) in [5.41, 5.74) is 1.67. The maximum absolute atomic E-state index is 8.85. The van der Waals surface area contributed by atoms with Gasteiger partial charge >= 0.3 is 0 Å². The Kier molecular flexibility index (Phi) is 4.29. The molecule has 0 aromatic carbocycles. The van der Waals surface area contributed by atoms with Crippen LogP contribution in [-0.4, -0.2) is 48.0 Å². The SMILES string of the molecule is CN1CCCC(N(C)Cc2ccnc(C#N)c2)C1. The zero-order valence-electron chi connectivity index (χ0n) is 11.1. The van der Waals surface area contributed by atoms with E-state index in [1.165, 1.54) is 19.4 Å². The number of piperidine rings is 1. The molecule has 1 aliphatic heterocycles. The highest BCUT2D eigenvalue weighted by atomic mass is 15.2. The van der Waals surface area contributed by atoms with Gasteiger partial charge in [-0.05, 0) is 51.2 Å². The molecule has 1 unspecified atom stereocenters. The number of hydrogen-bond donors (Lipinski definition) is 0. The number of nitriles is 1. The highest BCUT2D eigenvalue weighted by molar-refractivity contribution is 5.25. The molecule has 0 radical (unpaired) electrons. The molecular weight excluding hydrogens is 224 g/mol. The summed E-state index contributed by atoms with van der Waals surface area (Å²) >= 11 is 0. The second-order valence-corrected chi connectivity index (χ2v) is 5.13. The van der Waals surface area contributed by atoms with Gasteiger partial charge in [-0.25, -0.2) is 4.98 Å². The molecule has 4 nitrogen and oxygen atoms in total. The summed E-state index contributed by atoms with van der Waals surface area (Å²) in [5, 5.41) is 8.85. The quantitative estimate of drug-likeness (QED) is 0.808. The van der Waals surface area contributed by atoms with E-state index in [1.54, 1.807) is 6.20 Å². The average Bonchev–Trinajstić information content (AvgIpc) is 2.39. The number of pyridine rings is 1. The van der Waals surface area contributed by atoms with Crippen LogP contribution in [-0.2, 0) is 6.54 Å². The maximum atomic E-state index is 8.85. The van der Waals surface area contributed by atoms with E-state index >= 15 is 0 Å². The first-order valence-electron chi connectivity index (χ1n) is 6.43. The van der Waals surface area contributed by atoms with Crippen molar-refractivity contribution in [3.8, 4) is 6.07 Å². The summed E-state index contributed by atoms with van der Waals surface area (Å²) in [4.78, 5) is 8.77. The van der Waals surface area contributed by atoms with Gasteiger partial charge in [0, 0.05) is 25.3 Å². The fourth-order valence-corrected chi connectivity index (χ4v) is 2.55. The molecule has 2 rings (SSSR count). The van der Waals surface area contributed by atoms with Crippen molar-refractivity contribution in [3.63, 3.8) is 0 Å². The van der Waals surface area contributed by atoms with Crippen molar-refractivity contribution >= 4 is 0 Å². The van der Waals surface area contributed by atoms with Gasteiger partial charge in [-0.3, -0.25) is 4.90 Å². The van der Waals surface area contributed by atoms with E-state index in [9.17, 15) is 0 Å². The van der Waals surface area contributed by atoms with Gasteiger partial charge in [-0.2, -0.15) is 5.26 Å². The van der Waals surface area contributed by atoms with Crippen LogP contribution in [0.5, 0.6) is 0 Å². The molecule has 1 aromatic rings. The van der Waals surface area contributed by atoms with Crippen molar-refractivity contribution in [2.45, 2.75) is 25.4 Å². The van der Waals surface area contributed by atoms with Gasteiger partial charge in [0.1, 0.15) is 11.8 Å². The molecule has 1 aliphatic rings. The summed E-state index contributed by atoms with van der Waals surface area (Å²) in [6, 6.07) is 6.57. The fraction of sp³-hybridized carbons (Fsp3) is 0.571. The molecule has 18 heavy (non-hydrogen) atoms. The van der Waals surface area contributed by atoms with Crippen LogP contribution < -0.4 is 0 Å². The van der Waals surface area contributed by atoms with E-state index in [0.29, 0.717) is 11.7 Å². The molecule has 0 N–H and O–H groups in total. The smallest absolute Gasteiger partial charge is 0.140 e. The summed E-state index contributed by atoms with van der Waals surface area (Å²) in [5.74, 6) is 0. The molecular formula is C14H20N4. The highest BCUT2D eigenvalue weighted by Crippen LogP contribution is 2.15. The van der Waals surface area contributed by atoms with E-state index in [-0.39, 0.29) is 0 Å². The van der Waals surface area contributed by atoms with Crippen molar-refractivity contribution in [2.24, 2.45) is 0 Å². The van der Waals surface area contributed by atoms with E-state index in [2.05, 4.69) is 34.9 Å². The van der Waals surface area contributed by atoms with Crippen LogP contribution in [0.3, 0.4) is 0 Å². The van der Waals surface area contributed by atoms with Gasteiger partial charge < -0.3 is 4.90 Å². The molecule has 1 fully saturated rings. The number of nitrogens with zero attached hydrogens (tertiary/aromatic N) is 4. The Morgan fingerprint density at radius 3 is 3.17 bits per heavy atom. The van der Waals surface area contributed by atoms with Gasteiger partial charge in [0.2, 0.25) is 0 Å². The number of hydrogen-bond acceptors (Lipinski definition) is 4. The van der Waals surface area contributed by atoms with Crippen LogP contribution >= 0.6 is 0 Å². The Hall–Kier alpha value is -1.44. The van der Waals surface area contributed by atoms with Crippen LogP contribution in [0.15, 0.2) is 18.3 Å². The normalized spacial score (nSPS) is 20.9. The van der Waals surface area contributed by atoms with Crippen molar-refractivity contribution in [1.29, 1.82) is 5.26 Å². The Balaban J connectivity index is 1.97. The van der Waals surface area contributed by atoms with Gasteiger partial charge in [-0.1, -0.05) is 0 Å². The second kappa shape index (κ2) is 5.94. The largest absolute Gasteiger partial charge is 0.305 e. The lowest BCUT2D eigenvalue weighted by Gasteiger charge is -2.35. The second-order valence-electron chi connectivity index (χ2n) is 5.13. The first-order valence-corrected chi connectivity index (χ1v) is 6.43. The monoisotopic (exact) mass is 244 g/mol. The molecule has 4 heteroatoms. The topological polar surface area (TPSA) is 43.2 Å². The zero-order valence-corrected chi connectivity index (χ0v) is 11.1. The van der Waals surface area contributed by atoms with E-state index in [1.807, 2.05) is 12.1 Å². The number of likely N-dealkylation sites (tertiary alicyclic amines) is 1. The minimum Gasteiger partial charge on any atom is -0.305 e. The highest BCUT2D eigenvalue weighted by Gasteiger charge is 2.20. The fourth-order valence-electron chi connectivity index (χ4n) is 2.55. The maximum Gasteiger partial charge on any atom is 0.140 e. The number of rotatable bonds is 3. The van der Waals surface area contributed by atoms with Gasteiger partial charge in [0.05, 0.1) is 0 Å². The Bertz CT molecular complexity index is 438. The molecule has 2 heterocycles. The van der Waals surface area contributed by atoms with Crippen LogP contribution in [0.25, 0.3) is 0 Å². The van der Waals surface area contributed by atoms with Gasteiger partial charge in [0.15, 0.2) is 0 Å². The van der Waals surface area contributed by atoms with Crippen molar-refractivity contribution in [2.75, 3.05) is 27.2 Å².